The Hall–Kier alpha value is -3.27. The Labute approximate surface area is 215 Å². The normalized spacial score (nSPS) is 19.9. The van der Waals surface area contributed by atoms with E-state index in [1.807, 2.05) is 0 Å². The van der Waals surface area contributed by atoms with Gasteiger partial charge in [-0.2, -0.15) is 13.2 Å². The number of nitrogens with zero attached hydrogens (tertiary/aromatic N) is 2. The minimum atomic E-state index is -4.62. The first-order valence-corrected chi connectivity index (χ1v) is 11.9. The summed E-state index contributed by atoms with van der Waals surface area (Å²) in [4.78, 5) is 16.4. The van der Waals surface area contributed by atoms with Crippen molar-refractivity contribution in [3.8, 4) is 5.75 Å². The van der Waals surface area contributed by atoms with Gasteiger partial charge in [0, 0.05) is 43.3 Å². The van der Waals surface area contributed by atoms with Crippen LogP contribution in [0.15, 0.2) is 60.0 Å². The van der Waals surface area contributed by atoms with Gasteiger partial charge in [0.2, 0.25) is 0 Å². The van der Waals surface area contributed by atoms with Crippen LogP contribution in [0.3, 0.4) is 0 Å². The molecule has 0 radical (unpaired) electrons. The molecule has 5 nitrogen and oxygen atoms in total. The molecule has 2 aromatic carbocycles. The highest BCUT2D eigenvalue weighted by Gasteiger charge is 2.44. The predicted octanol–water partition coefficient (Wildman–Crippen LogP) is 6.15. The molecule has 1 fully saturated rings. The molecule has 11 heteroatoms. The van der Waals surface area contributed by atoms with E-state index in [0.29, 0.717) is 24.3 Å². The zero-order valence-corrected chi connectivity index (χ0v) is 20.6. The molecule has 1 aliphatic heterocycles. The third kappa shape index (κ3) is 5.84. The topological polar surface area (TPSA) is 58.8 Å². The molecule has 2 N–H and O–H groups in total. The van der Waals surface area contributed by atoms with Crippen LogP contribution in [0.1, 0.15) is 23.2 Å². The van der Waals surface area contributed by atoms with Crippen LogP contribution in [0.5, 0.6) is 5.75 Å². The molecule has 1 heterocycles. The third-order valence-electron chi connectivity index (χ3n) is 6.68. The Bertz CT molecular complexity index is 1250. The Balaban J connectivity index is 1.62. The summed E-state index contributed by atoms with van der Waals surface area (Å²) in [6, 6.07) is 8.21. The number of nitrogens with two attached hydrogens (primary N) is 1. The van der Waals surface area contributed by atoms with Crippen LogP contribution in [0, 0.1) is 11.7 Å². The lowest BCUT2D eigenvalue weighted by atomic mass is 9.89. The maximum Gasteiger partial charge on any atom is 0.395 e. The Morgan fingerprint density at radius 1 is 1.19 bits per heavy atom. The molecule has 2 aliphatic rings. The van der Waals surface area contributed by atoms with Gasteiger partial charge in [0.05, 0.1) is 23.7 Å². The van der Waals surface area contributed by atoms with Crippen LogP contribution >= 0.6 is 11.6 Å². The largest absolute Gasteiger partial charge is 0.494 e. The summed E-state index contributed by atoms with van der Waals surface area (Å²) in [5.74, 6) is -3.82. The summed E-state index contributed by atoms with van der Waals surface area (Å²) in [5, 5.41) is 0.239. The van der Waals surface area contributed by atoms with E-state index >= 15 is 0 Å². The minimum absolute atomic E-state index is 0.00916. The van der Waals surface area contributed by atoms with Crippen LogP contribution in [0.25, 0.3) is 0 Å². The van der Waals surface area contributed by atoms with Crippen LogP contribution in [-0.2, 0) is 0 Å². The van der Waals surface area contributed by atoms with E-state index in [0.717, 1.165) is 12.1 Å². The lowest BCUT2D eigenvalue weighted by molar-refractivity contribution is -0.165. The number of ether oxygens (including phenoxy) is 1. The molecule has 0 aromatic heterocycles. The van der Waals surface area contributed by atoms with Crippen molar-refractivity contribution >= 4 is 28.9 Å². The average molecular weight is 542 g/mol. The molecule has 37 heavy (non-hydrogen) atoms. The van der Waals surface area contributed by atoms with E-state index in [9.17, 15) is 26.7 Å². The van der Waals surface area contributed by atoms with Gasteiger partial charge in [0.1, 0.15) is 5.83 Å². The quantitative estimate of drug-likeness (QED) is 0.352. The SMILES string of the molecule is COc1cc(C(=O)N2CC[C@H](N(CC3=CC=C(F)CC3C(F)(F)F)c3ccc(N)c(Cl)c3)C2)ccc1F. The summed E-state index contributed by atoms with van der Waals surface area (Å²) in [6.07, 6.45) is -2.70. The first-order valence-electron chi connectivity index (χ1n) is 11.5. The fourth-order valence-corrected chi connectivity index (χ4v) is 4.85. The minimum Gasteiger partial charge on any atom is -0.494 e. The monoisotopic (exact) mass is 541 g/mol. The highest BCUT2D eigenvalue weighted by atomic mass is 35.5. The number of hydrogen-bond donors (Lipinski definition) is 1. The van der Waals surface area contributed by atoms with Gasteiger partial charge in [-0.25, -0.2) is 8.78 Å². The summed E-state index contributed by atoms with van der Waals surface area (Å²) in [7, 11) is 1.30. The number of anilines is 2. The molecule has 1 aliphatic carbocycles. The van der Waals surface area contributed by atoms with Crippen molar-refractivity contribution in [1.82, 2.24) is 4.90 Å². The van der Waals surface area contributed by atoms with Crippen LogP contribution in [-0.4, -0.2) is 49.8 Å². The second-order valence-electron chi connectivity index (χ2n) is 9.03. The molecule has 198 valence electrons. The van der Waals surface area contributed by atoms with E-state index in [4.69, 9.17) is 22.1 Å². The standard InChI is InChI=1S/C26H25ClF5N3O2/c1-37-24-10-15(3-6-22(24)29)25(36)34-9-8-19(14-34)35(18-5-7-23(33)21(27)12-18)13-16-2-4-17(28)11-20(16)26(30,31)32/h2-7,10,12,19-20H,8-9,11,13-14,33H2,1H3/t19-,20?/m0/s1. The van der Waals surface area contributed by atoms with E-state index < -0.39 is 30.2 Å². The Morgan fingerprint density at radius 2 is 1.95 bits per heavy atom. The highest BCUT2D eigenvalue weighted by molar-refractivity contribution is 6.33. The van der Waals surface area contributed by atoms with Crippen LogP contribution < -0.4 is 15.4 Å². The second kappa shape index (κ2) is 10.6. The van der Waals surface area contributed by atoms with Gasteiger partial charge in [-0.15, -0.1) is 0 Å². The zero-order valence-electron chi connectivity index (χ0n) is 19.9. The van der Waals surface area contributed by atoms with Gasteiger partial charge >= 0.3 is 6.18 Å². The number of carbonyl (C=O) groups excluding carboxylic acids is 1. The summed E-state index contributed by atoms with van der Waals surface area (Å²) < 4.78 is 73.9. The molecule has 1 saturated heterocycles. The van der Waals surface area contributed by atoms with Gasteiger partial charge in [-0.1, -0.05) is 17.7 Å². The summed E-state index contributed by atoms with van der Waals surface area (Å²) in [5.41, 5.74) is 6.91. The van der Waals surface area contributed by atoms with Crippen molar-refractivity contribution in [1.29, 1.82) is 0 Å². The van der Waals surface area contributed by atoms with Crippen molar-refractivity contribution in [2.75, 3.05) is 37.4 Å². The second-order valence-corrected chi connectivity index (χ2v) is 9.44. The first kappa shape index (κ1) is 26.8. The molecular weight excluding hydrogens is 517 g/mol. The lowest BCUT2D eigenvalue weighted by Crippen LogP contribution is -2.42. The maximum absolute atomic E-state index is 13.8. The lowest BCUT2D eigenvalue weighted by Gasteiger charge is -2.35. The molecule has 1 amide bonds. The highest BCUT2D eigenvalue weighted by Crippen LogP contribution is 2.41. The van der Waals surface area contributed by atoms with Crippen molar-refractivity contribution in [3.05, 3.63) is 76.4 Å². The number of halogens is 6. The molecule has 1 unspecified atom stereocenters. The number of amides is 1. The number of hydrogen-bond acceptors (Lipinski definition) is 4. The number of carbonyl (C=O) groups is 1. The summed E-state index contributed by atoms with van der Waals surface area (Å²) >= 11 is 6.22. The molecule has 0 spiro atoms. The summed E-state index contributed by atoms with van der Waals surface area (Å²) in [6.45, 7) is 0.388. The molecule has 0 saturated carbocycles. The van der Waals surface area contributed by atoms with Gasteiger partial charge in [-0.05, 0) is 54.5 Å². The smallest absolute Gasteiger partial charge is 0.395 e. The van der Waals surface area contributed by atoms with Crippen molar-refractivity contribution < 1.29 is 31.5 Å². The molecule has 4 rings (SSSR count). The molecular formula is C26H25ClF5N3O2. The fraction of sp³-hybridized carbons (Fsp3) is 0.346. The third-order valence-corrected chi connectivity index (χ3v) is 7.01. The molecule has 2 atom stereocenters. The number of alkyl halides is 3. The number of rotatable bonds is 6. The fourth-order valence-electron chi connectivity index (χ4n) is 4.68. The van der Waals surface area contributed by atoms with Gasteiger partial charge in [0.25, 0.3) is 5.91 Å². The van der Waals surface area contributed by atoms with Crippen LogP contribution in [0.4, 0.5) is 33.3 Å². The van der Waals surface area contributed by atoms with E-state index in [1.165, 1.54) is 25.3 Å². The van der Waals surface area contributed by atoms with E-state index in [2.05, 4.69) is 0 Å². The molecule has 0 bridgehead atoms. The number of methoxy groups -OCH3 is 1. The van der Waals surface area contributed by atoms with E-state index in [1.54, 1.807) is 28.0 Å². The number of allylic oxidation sites excluding steroid dienone is 3. The van der Waals surface area contributed by atoms with Gasteiger partial charge in [0.15, 0.2) is 11.6 Å². The number of likely N-dealkylation sites (tertiary alicyclic amines) is 1. The Morgan fingerprint density at radius 3 is 2.62 bits per heavy atom. The van der Waals surface area contributed by atoms with Gasteiger partial charge in [-0.3, -0.25) is 4.79 Å². The number of nitrogen functional groups attached to an aromatic ring is 1. The van der Waals surface area contributed by atoms with Crippen molar-refractivity contribution in [2.45, 2.75) is 25.1 Å². The van der Waals surface area contributed by atoms with Crippen molar-refractivity contribution in [2.24, 2.45) is 5.92 Å². The van der Waals surface area contributed by atoms with Crippen LogP contribution in [0.2, 0.25) is 5.02 Å². The Kier molecular flexibility index (Phi) is 7.68. The zero-order chi connectivity index (χ0) is 26.9. The maximum atomic E-state index is 13.8. The van der Waals surface area contributed by atoms with Gasteiger partial charge < -0.3 is 20.3 Å². The predicted molar refractivity (Wildman–Crippen MR) is 132 cm³/mol. The number of benzene rings is 2. The van der Waals surface area contributed by atoms with Crippen molar-refractivity contribution in [3.63, 3.8) is 0 Å². The first-order chi connectivity index (χ1) is 17.5. The molecule has 2 aromatic rings. The average Bonchev–Trinajstić information content (AvgIpc) is 3.34. The van der Waals surface area contributed by atoms with E-state index in [-0.39, 0.29) is 46.9 Å².